The number of aliphatic hydroxyl groups is 1. The van der Waals surface area contributed by atoms with Crippen LogP contribution in [0.5, 0.6) is 0 Å². The highest BCUT2D eigenvalue weighted by Crippen LogP contribution is 2.25. The number of nitrogens with two attached hydrogens (primary N) is 1. The molecule has 1 aliphatic heterocycles. The Balaban J connectivity index is 2.37. The number of ether oxygens (including phenoxy) is 1. The maximum atomic E-state index is 13.7. The minimum atomic E-state index is -4.15. The van der Waals surface area contributed by atoms with Crippen LogP contribution in [0.3, 0.4) is 0 Å². The van der Waals surface area contributed by atoms with E-state index in [0.29, 0.717) is 6.07 Å². The van der Waals surface area contributed by atoms with Gasteiger partial charge in [0.05, 0.1) is 25.0 Å². The van der Waals surface area contributed by atoms with Gasteiger partial charge in [0.1, 0.15) is 16.5 Å². The lowest BCUT2D eigenvalue weighted by Gasteiger charge is -2.31. The second-order valence-corrected chi connectivity index (χ2v) is 6.25. The summed E-state index contributed by atoms with van der Waals surface area (Å²) in [5, 5.41) is 8.99. The van der Waals surface area contributed by atoms with Crippen molar-refractivity contribution in [1.82, 2.24) is 4.31 Å². The van der Waals surface area contributed by atoms with Gasteiger partial charge in [-0.25, -0.2) is 17.2 Å². The monoisotopic (exact) mass is 308 g/mol. The first kappa shape index (κ1) is 15.1. The van der Waals surface area contributed by atoms with Crippen molar-refractivity contribution in [2.45, 2.75) is 11.0 Å². The molecule has 1 atom stereocenters. The smallest absolute Gasteiger partial charge is 0.246 e. The van der Waals surface area contributed by atoms with Crippen molar-refractivity contribution in [3.63, 3.8) is 0 Å². The molecule has 2 rings (SSSR count). The van der Waals surface area contributed by atoms with Crippen LogP contribution >= 0.6 is 0 Å². The number of halogens is 2. The predicted octanol–water partition coefficient (Wildman–Crippen LogP) is -0.0712. The summed E-state index contributed by atoms with van der Waals surface area (Å²) >= 11 is 0. The van der Waals surface area contributed by atoms with Crippen LogP contribution in [0, 0.1) is 11.6 Å². The molecule has 0 radical (unpaired) electrons. The molecule has 0 bridgehead atoms. The van der Waals surface area contributed by atoms with Crippen LogP contribution in [0.2, 0.25) is 0 Å². The molecule has 0 saturated carbocycles. The Kier molecular flexibility index (Phi) is 4.23. The van der Waals surface area contributed by atoms with Gasteiger partial charge in [-0.2, -0.15) is 4.31 Å². The number of anilines is 1. The van der Waals surface area contributed by atoms with Crippen LogP contribution < -0.4 is 5.73 Å². The Bertz CT molecular complexity index is 609. The van der Waals surface area contributed by atoms with Gasteiger partial charge in [0.25, 0.3) is 0 Å². The molecule has 0 aromatic heterocycles. The van der Waals surface area contributed by atoms with Gasteiger partial charge < -0.3 is 15.6 Å². The summed E-state index contributed by atoms with van der Waals surface area (Å²) in [6.45, 7) is -0.339. The zero-order valence-corrected chi connectivity index (χ0v) is 11.2. The van der Waals surface area contributed by atoms with Gasteiger partial charge in [0, 0.05) is 19.2 Å². The molecule has 1 aromatic carbocycles. The fraction of sp³-hybridized carbons (Fsp3) is 0.455. The number of hydrogen-bond donors (Lipinski definition) is 2. The molecule has 1 aromatic rings. The average molecular weight is 308 g/mol. The van der Waals surface area contributed by atoms with Gasteiger partial charge in [0.15, 0.2) is 0 Å². The number of sulfonamides is 1. The van der Waals surface area contributed by atoms with E-state index in [1.54, 1.807) is 0 Å². The van der Waals surface area contributed by atoms with Crippen LogP contribution in [0.15, 0.2) is 17.0 Å². The quantitative estimate of drug-likeness (QED) is 0.763. The summed E-state index contributed by atoms with van der Waals surface area (Å²) in [5.41, 5.74) is 4.83. The van der Waals surface area contributed by atoms with E-state index in [-0.39, 0.29) is 26.3 Å². The molecule has 1 fully saturated rings. The lowest BCUT2D eigenvalue weighted by Crippen LogP contribution is -2.47. The summed E-state index contributed by atoms with van der Waals surface area (Å²) in [4.78, 5) is -0.685. The summed E-state index contributed by atoms with van der Waals surface area (Å²) in [7, 11) is -4.15. The SMILES string of the molecule is Nc1cc(S(=O)(=O)N2CCOC(CO)C2)c(F)cc1F. The standard InChI is InChI=1S/C11H14F2N2O4S/c12-8-3-9(13)11(4-10(8)14)20(17,18)15-1-2-19-7(5-15)6-16/h3-4,7,16H,1-2,5-6,14H2. The fourth-order valence-electron chi connectivity index (χ4n) is 1.90. The Morgan fingerprint density at radius 1 is 1.40 bits per heavy atom. The van der Waals surface area contributed by atoms with E-state index in [0.717, 1.165) is 10.4 Å². The highest BCUT2D eigenvalue weighted by atomic mass is 32.2. The Morgan fingerprint density at radius 2 is 2.10 bits per heavy atom. The first-order valence-corrected chi connectivity index (χ1v) is 7.27. The molecule has 0 spiro atoms. The Hall–Kier alpha value is -1.29. The van der Waals surface area contributed by atoms with Crippen molar-refractivity contribution in [2.24, 2.45) is 0 Å². The highest BCUT2D eigenvalue weighted by molar-refractivity contribution is 7.89. The highest BCUT2D eigenvalue weighted by Gasteiger charge is 2.33. The Labute approximate surface area is 114 Å². The van der Waals surface area contributed by atoms with E-state index < -0.39 is 38.3 Å². The average Bonchev–Trinajstić information content (AvgIpc) is 2.42. The molecule has 1 saturated heterocycles. The van der Waals surface area contributed by atoms with E-state index >= 15 is 0 Å². The zero-order valence-electron chi connectivity index (χ0n) is 10.4. The van der Waals surface area contributed by atoms with E-state index in [4.69, 9.17) is 15.6 Å². The molecule has 0 amide bonds. The van der Waals surface area contributed by atoms with Crippen molar-refractivity contribution in [3.05, 3.63) is 23.8 Å². The van der Waals surface area contributed by atoms with Crippen LogP contribution in [-0.2, 0) is 14.8 Å². The minimum Gasteiger partial charge on any atom is -0.396 e. The van der Waals surface area contributed by atoms with Crippen molar-refractivity contribution >= 4 is 15.7 Å². The van der Waals surface area contributed by atoms with Crippen LogP contribution in [0.25, 0.3) is 0 Å². The number of hydrogen-bond acceptors (Lipinski definition) is 5. The molecule has 0 aliphatic carbocycles. The second-order valence-electron chi connectivity index (χ2n) is 4.34. The molecule has 112 valence electrons. The lowest BCUT2D eigenvalue weighted by molar-refractivity contribution is -0.0305. The lowest BCUT2D eigenvalue weighted by atomic mass is 10.3. The number of benzene rings is 1. The van der Waals surface area contributed by atoms with Crippen molar-refractivity contribution in [3.8, 4) is 0 Å². The van der Waals surface area contributed by atoms with Crippen molar-refractivity contribution < 1.29 is 27.0 Å². The van der Waals surface area contributed by atoms with Gasteiger partial charge in [-0.3, -0.25) is 0 Å². The summed E-state index contributed by atoms with van der Waals surface area (Å²) < 4.78 is 57.5. The van der Waals surface area contributed by atoms with E-state index in [1.165, 1.54) is 0 Å². The van der Waals surface area contributed by atoms with Crippen LogP contribution in [0.1, 0.15) is 0 Å². The molecule has 3 N–H and O–H groups in total. The molecule has 1 unspecified atom stereocenters. The second kappa shape index (κ2) is 5.60. The van der Waals surface area contributed by atoms with Crippen LogP contribution in [-0.4, -0.2) is 50.2 Å². The number of rotatable bonds is 3. The first-order chi connectivity index (χ1) is 9.36. The third-order valence-electron chi connectivity index (χ3n) is 2.97. The summed E-state index contributed by atoms with van der Waals surface area (Å²) in [6.07, 6.45) is -0.667. The Morgan fingerprint density at radius 3 is 2.75 bits per heavy atom. The number of nitrogen functional groups attached to an aromatic ring is 1. The summed E-state index contributed by atoms with van der Waals surface area (Å²) in [5.74, 6) is -2.22. The number of morpholine rings is 1. The normalized spacial score (nSPS) is 21.1. The molecular formula is C11H14F2N2O4S. The van der Waals surface area contributed by atoms with E-state index in [9.17, 15) is 17.2 Å². The minimum absolute atomic E-state index is 0.0234. The molecular weight excluding hydrogens is 294 g/mol. The fourth-order valence-corrected chi connectivity index (χ4v) is 3.44. The molecule has 1 heterocycles. The predicted molar refractivity (Wildman–Crippen MR) is 66.4 cm³/mol. The van der Waals surface area contributed by atoms with E-state index in [2.05, 4.69) is 0 Å². The number of aliphatic hydroxyl groups excluding tert-OH is 1. The van der Waals surface area contributed by atoms with Gasteiger partial charge in [-0.15, -0.1) is 0 Å². The van der Waals surface area contributed by atoms with Crippen molar-refractivity contribution in [2.75, 3.05) is 32.0 Å². The number of nitrogens with zero attached hydrogens (tertiary/aromatic N) is 1. The van der Waals surface area contributed by atoms with Gasteiger partial charge in [-0.1, -0.05) is 0 Å². The van der Waals surface area contributed by atoms with Gasteiger partial charge in [-0.05, 0) is 6.07 Å². The third-order valence-corrected chi connectivity index (χ3v) is 4.85. The van der Waals surface area contributed by atoms with Crippen molar-refractivity contribution in [1.29, 1.82) is 0 Å². The van der Waals surface area contributed by atoms with Gasteiger partial charge in [0.2, 0.25) is 10.0 Å². The largest absolute Gasteiger partial charge is 0.396 e. The van der Waals surface area contributed by atoms with Crippen LogP contribution in [0.4, 0.5) is 14.5 Å². The van der Waals surface area contributed by atoms with E-state index in [1.807, 2.05) is 0 Å². The molecule has 1 aliphatic rings. The topological polar surface area (TPSA) is 92.9 Å². The zero-order chi connectivity index (χ0) is 14.9. The third kappa shape index (κ3) is 2.75. The molecule has 9 heteroatoms. The molecule has 6 nitrogen and oxygen atoms in total. The van der Waals surface area contributed by atoms with Gasteiger partial charge >= 0.3 is 0 Å². The first-order valence-electron chi connectivity index (χ1n) is 5.83. The maximum absolute atomic E-state index is 13.7. The maximum Gasteiger partial charge on any atom is 0.246 e. The summed E-state index contributed by atoms with van der Waals surface area (Å²) in [6, 6.07) is 1.19. The molecule has 20 heavy (non-hydrogen) atoms.